The van der Waals surface area contributed by atoms with Crippen LogP contribution < -0.4 is 5.32 Å². The number of ether oxygens (including phenoxy) is 1. The zero-order valence-electron chi connectivity index (χ0n) is 11.2. The van der Waals surface area contributed by atoms with Gasteiger partial charge >= 0.3 is 6.09 Å². The second-order valence-corrected chi connectivity index (χ2v) is 5.05. The minimum Gasteiger partial charge on any atom is -0.508 e. The normalized spacial score (nSPS) is 12.9. The van der Waals surface area contributed by atoms with E-state index in [4.69, 9.17) is 4.74 Å². The van der Waals surface area contributed by atoms with E-state index in [1.807, 2.05) is 40.2 Å². The van der Waals surface area contributed by atoms with E-state index < -0.39 is 11.7 Å². The van der Waals surface area contributed by atoms with Crippen molar-refractivity contribution in [2.75, 3.05) is 0 Å². The van der Waals surface area contributed by atoms with Gasteiger partial charge in [0.2, 0.25) is 0 Å². The van der Waals surface area contributed by atoms with Crippen molar-refractivity contribution in [1.82, 2.24) is 5.32 Å². The Kier molecular flexibility index (Phi) is 4.59. The number of aromatic hydroxyl groups is 1. The molecule has 1 atom stereocenters. The van der Waals surface area contributed by atoms with Crippen molar-refractivity contribution in [3.05, 3.63) is 36.2 Å². The summed E-state index contributed by atoms with van der Waals surface area (Å²) < 4.78 is 5.19. The molecule has 1 amide bonds. The lowest BCUT2D eigenvalue weighted by atomic mass is 10.0. The fourth-order valence-corrected chi connectivity index (χ4v) is 1.51. The summed E-state index contributed by atoms with van der Waals surface area (Å²) in [6.07, 6.45) is 1.35. The Bertz CT molecular complexity index is 410. The van der Waals surface area contributed by atoms with E-state index in [0.29, 0.717) is 0 Å². The highest BCUT2D eigenvalue weighted by Gasteiger charge is 2.19. The maximum atomic E-state index is 11.7. The lowest BCUT2D eigenvalue weighted by Crippen LogP contribution is -2.34. The van der Waals surface area contributed by atoms with E-state index in [1.165, 1.54) is 0 Å². The lowest BCUT2D eigenvalue weighted by Gasteiger charge is -2.23. The average Bonchev–Trinajstić information content (AvgIpc) is 2.23. The van der Waals surface area contributed by atoms with E-state index in [-0.39, 0.29) is 11.8 Å². The summed E-state index contributed by atoms with van der Waals surface area (Å²) in [6.45, 7) is 7.27. The predicted octanol–water partition coefficient (Wildman–Crippen LogP) is 3.18. The van der Waals surface area contributed by atoms with Crippen LogP contribution in [-0.2, 0) is 4.74 Å². The van der Waals surface area contributed by atoms with E-state index >= 15 is 0 Å². The molecular weight excluding hydrogens is 230 g/mol. The maximum Gasteiger partial charge on any atom is 0.408 e. The minimum absolute atomic E-state index is 0.172. The summed E-state index contributed by atoms with van der Waals surface area (Å²) in [5, 5.41) is 12.2. The van der Waals surface area contributed by atoms with E-state index in [1.54, 1.807) is 18.2 Å². The first-order chi connectivity index (χ1) is 8.31. The Labute approximate surface area is 108 Å². The van der Waals surface area contributed by atoms with Crippen LogP contribution in [0.2, 0.25) is 0 Å². The average molecular weight is 250 g/mol. The van der Waals surface area contributed by atoms with Gasteiger partial charge in [-0.1, -0.05) is 19.1 Å². The minimum atomic E-state index is -0.527. The first kappa shape index (κ1) is 14.4. The molecule has 18 heavy (non-hydrogen) atoms. The van der Waals surface area contributed by atoms with Crippen LogP contribution >= 0.6 is 0 Å². The van der Waals surface area contributed by atoms with E-state index in [9.17, 15) is 9.90 Å². The summed E-state index contributed by atoms with van der Waals surface area (Å²) in [5.41, 5.74) is 0.282. The van der Waals surface area contributed by atoms with Gasteiger partial charge in [-0.25, -0.2) is 4.79 Å². The predicted molar refractivity (Wildman–Crippen MR) is 70.2 cm³/mol. The van der Waals surface area contributed by atoms with Gasteiger partial charge in [0.1, 0.15) is 11.4 Å². The van der Waals surface area contributed by atoms with Crippen LogP contribution in [0.15, 0.2) is 24.3 Å². The van der Waals surface area contributed by atoms with Crippen LogP contribution in [0.4, 0.5) is 4.79 Å². The molecule has 4 nitrogen and oxygen atoms in total. The monoisotopic (exact) mass is 250 g/mol. The molecule has 1 aromatic carbocycles. The summed E-state index contributed by atoms with van der Waals surface area (Å²) in [6, 6.07) is 6.48. The van der Waals surface area contributed by atoms with Gasteiger partial charge in [0.05, 0.1) is 6.04 Å². The number of hydrogen-bond acceptors (Lipinski definition) is 3. The fraction of sp³-hybridized carbons (Fsp3) is 0.429. The van der Waals surface area contributed by atoms with Crippen molar-refractivity contribution < 1.29 is 14.6 Å². The molecule has 2 N–H and O–H groups in total. The molecule has 0 bridgehead atoms. The first-order valence-electron chi connectivity index (χ1n) is 5.90. The van der Waals surface area contributed by atoms with Crippen LogP contribution in [-0.4, -0.2) is 16.8 Å². The van der Waals surface area contributed by atoms with Gasteiger partial charge in [0.25, 0.3) is 0 Å². The Morgan fingerprint density at radius 2 is 2.11 bits per heavy atom. The number of carbonyl (C=O) groups excluding carboxylic acids is 1. The Morgan fingerprint density at radius 3 is 2.61 bits per heavy atom. The van der Waals surface area contributed by atoms with Gasteiger partial charge in [-0.3, -0.25) is 0 Å². The molecule has 1 radical (unpaired) electrons. The molecule has 1 rings (SSSR count). The Morgan fingerprint density at radius 1 is 1.44 bits per heavy atom. The second kappa shape index (κ2) is 5.76. The second-order valence-electron chi connectivity index (χ2n) is 5.05. The third-order valence-corrected chi connectivity index (χ3v) is 2.23. The van der Waals surface area contributed by atoms with Crippen molar-refractivity contribution in [1.29, 1.82) is 0 Å². The number of phenols is 1. The Hall–Kier alpha value is -1.71. The van der Waals surface area contributed by atoms with Crippen LogP contribution in [0.3, 0.4) is 0 Å². The topological polar surface area (TPSA) is 58.6 Å². The van der Waals surface area contributed by atoms with Crippen LogP contribution in [0.1, 0.15) is 39.3 Å². The molecule has 0 unspecified atom stereocenters. The van der Waals surface area contributed by atoms with Crippen LogP contribution in [0.5, 0.6) is 5.75 Å². The number of benzene rings is 1. The zero-order chi connectivity index (χ0) is 13.8. The SMILES string of the molecule is C[CH][C@H](NC(=O)OC(C)(C)C)c1cccc(O)c1. The third-order valence-electron chi connectivity index (χ3n) is 2.23. The quantitative estimate of drug-likeness (QED) is 0.866. The molecule has 0 aliphatic carbocycles. The van der Waals surface area contributed by atoms with Gasteiger partial charge < -0.3 is 15.2 Å². The molecule has 99 valence electrons. The number of alkyl carbamates (subject to hydrolysis) is 1. The molecule has 0 aliphatic heterocycles. The molecule has 0 fully saturated rings. The summed E-state index contributed by atoms with van der Waals surface area (Å²) >= 11 is 0. The number of rotatable bonds is 3. The number of amides is 1. The summed E-state index contributed by atoms with van der Waals surface area (Å²) in [4.78, 5) is 11.7. The van der Waals surface area contributed by atoms with Crippen LogP contribution in [0, 0.1) is 6.42 Å². The number of phenolic OH excluding ortho intramolecular Hbond substituents is 1. The molecule has 4 heteroatoms. The molecule has 0 heterocycles. The molecule has 0 spiro atoms. The standard InChI is InChI=1S/C14H20NO3/c1-5-12(10-7-6-8-11(16)9-10)15-13(17)18-14(2,3)4/h5-9,12,16H,1-4H3,(H,15,17)/t12-/m0/s1. The highest BCUT2D eigenvalue weighted by atomic mass is 16.6. The molecule has 1 aromatic rings. The Balaban J connectivity index is 2.71. The smallest absolute Gasteiger partial charge is 0.408 e. The van der Waals surface area contributed by atoms with Gasteiger partial charge in [0.15, 0.2) is 0 Å². The van der Waals surface area contributed by atoms with Crippen molar-refractivity contribution in [3.8, 4) is 5.75 Å². The number of nitrogens with one attached hydrogen (secondary N) is 1. The fourth-order valence-electron chi connectivity index (χ4n) is 1.51. The molecule has 0 saturated carbocycles. The van der Waals surface area contributed by atoms with E-state index in [2.05, 4.69) is 5.32 Å². The molecule has 0 aromatic heterocycles. The van der Waals surface area contributed by atoms with Gasteiger partial charge in [0, 0.05) is 0 Å². The van der Waals surface area contributed by atoms with Gasteiger partial charge in [-0.2, -0.15) is 0 Å². The van der Waals surface area contributed by atoms with Crippen molar-refractivity contribution in [2.24, 2.45) is 0 Å². The summed E-state index contributed by atoms with van der Waals surface area (Å²) in [5.74, 6) is 0.172. The molecule has 0 saturated heterocycles. The van der Waals surface area contributed by atoms with Gasteiger partial charge in [-0.15, -0.1) is 0 Å². The van der Waals surface area contributed by atoms with Crippen LogP contribution in [0.25, 0.3) is 0 Å². The first-order valence-corrected chi connectivity index (χ1v) is 5.90. The molecule has 0 aliphatic rings. The highest BCUT2D eigenvalue weighted by molar-refractivity contribution is 5.68. The third kappa shape index (κ3) is 4.65. The van der Waals surface area contributed by atoms with E-state index in [0.717, 1.165) is 5.56 Å². The number of hydrogen-bond donors (Lipinski definition) is 2. The molecular formula is C14H20NO3. The van der Waals surface area contributed by atoms with Crippen molar-refractivity contribution in [2.45, 2.75) is 39.3 Å². The summed E-state index contributed by atoms with van der Waals surface area (Å²) in [7, 11) is 0. The zero-order valence-corrected chi connectivity index (χ0v) is 11.2. The van der Waals surface area contributed by atoms with Crippen molar-refractivity contribution >= 4 is 6.09 Å². The largest absolute Gasteiger partial charge is 0.508 e. The van der Waals surface area contributed by atoms with Gasteiger partial charge in [-0.05, 0) is 44.9 Å². The van der Waals surface area contributed by atoms with Crippen molar-refractivity contribution in [3.63, 3.8) is 0 Å². The highest BCUT2D eigenvalue weighted by Crippen LogP contribution is 2.20. The maximum absolute atomic E-state index is 11.7. The lowest BCUT2D eigenvalue weighted by molar-refractivity contribution is 0.0510. The number of carbonyl (C=O) groups is 1.